The fourth-order valence-corrected chi connectivity index (χ4v) is 4.29. The van der Waals surface area contributed by atoms with Crippen molar-refractivity contribution >= 4 is 28.5 Å². The van der Waals surface area contributed by atoms with Gasteiger partial charge in [-0.15, -0.1) is 0 Å². The van der Waals surface area contributed by atoms with Crippen LogP contribution in [0, 0.1) is 3.57 Å². The quantitative estimate of drug-likeness (QED) is 0.601. The summed E-state index contributed by atoms with van der Waals surface area (Å²) in [5, 5.41) is 7.50. The van der Waals surface area contributed by atoms with E-state index in [4.69, 9.17) is 0 Å². The number of nitrogens with zero attached hydrogens (tertiary/aromatic N) is 2. The third kappa shape index (κ3) is 4.84. The van der Waals surface area contributed by atoms with E-state index in [1.54, 1.807) is 4.68 Å². The van der Waals surface area contributed by atoms with Crippen molar-refractivity contribution < 1.29 is 4.79 Å². The Bertz CT molecular complexity index is 719. The van der Waals surface area contributed by atoms with Crippen LogP contribution in [0.25, 0.3) is 0 Å². The number of hydrogen-bond donors (Lipinski definition) is 1. The third-order valence-electron chi connectivity index (χ3n) is 4.50. The molecule has 25 heavy (non-hydrogen) atoms. The summed E-state index contributed by atoms with van der Waals surface area (Å²) in [7, 11) is 1.83. The number of hydrogen-bond acceptors (Lipinski definition) is 2. The Kier molecular flexibility index (Phi) is 7.04. The Morgan fingerprint density at radius 3 is 2.40 bits per heavy atom. The van der Waals surface area contributed by atoms with Gasteiger partial charge in [-0.05, 0) is 52.0 Å². The van der Waals surface area contributed by atoms with Crippen LogP contribution < -0.4 is 5.32 Å². The molecule has 136 valence electrons. The van der Waals surface area contributed by atoms with Gasteiger partial charge in [0.25, 0.3) is 5.91 Å². The molecule has 1 aromatic carbocycles. The second-order valence-electron chi connectivity index (χ2n) is 6.94. The zero-order chi connectivity index (χ0) is 18.6. The van der Waals surface area contributed by atoms with E-state index in [0.29, 0.717) is 24.1 Å². The molecule has 0 aliphatic carbocycles. The molecule has 1 N–H and O–H groups in total. The predicted octanol–water partition coefficient (Wildman–Crippen LogP) is 4.98. The van der Waals surface area contributed by atoms with Gasteiger partial charge in [-0.2, -0.15) is 5.10 Å². The van der Waals surface area contributed by atoms with E-state index in [2.05, 4.69) is 85.0 Å². The van der Waals surface area contributed by atoms with Crippen molar-refractivity contribution in [3.63, 3.8) is 0 Å². The molecule has 2 aromatic rings. The van der Waals surface area contributed by atoms with E-state index in [1.165, 1.54) is 18.4 Å². The van der Waals surface area contributed by atoms with Crippen LogP contribution in [-0.4, -0.2) is 15.7 Å². The first-order chi connectivity index (χ1) is 11.8. The van der Waals surface area contributed by atoms with Gasteiger partial charge < -0.3 is 5.32 Å². The molecule has 0 spiro atoms. The van der Waals surface area contributed by atoms with Crippen molar-refractivity contribution in [3.05, 3.63) is 50.4 Å². The second-order valence-corrected chi connectivity index (χ2v) is 8.02. The van der Waals surface area contributed by atoms with Crippen molar-refractivity contribution in [2.45, 2.75) is 58.9 Å². The van der Waals surface area contributed by atoms with Crippen LogP contribution >= 0.6 is 22.6 Å². The molecule has 0 saturated heterocycles. The summed E-state index contributed by atoms with van der Waals surface area (Å²) in [4.78, 5) is 12.6. The first-order valence-electron chi connectivity index (χ1n) is 8.94. The Morgan fingerprint density at radius 2 is 1.88 bits per heavy atom. The van der Waals surface area contributed by atoms with E-state index < -0.39 is 0 Å². The molecule has 0 aliphatic rings. The van der Waals surface area contributed by atoms with E-state index in [9.17, 15) is 4.79 Å². The van der Waals surface area contributed by atoms with Crippen molar-refractivity contribution in [1.82, 2.24) is 15.1 Å². The number of nitrogens with one attached hydrogen (secondary N) is 1. The number of aromatic nitrogens is 2. The van der Waals surface area contributed by atoms with Gasteiger partial charge in [-0.3, -0.25) is 9.48 Å². The summed E-state index contributed by atoms with van der Waals surface area (Å²) in [6.45, 7) is 9.18. The van der Waals surface area contributed by atoms with Crippen LogP contribution in [0.2, 0.25) is 0 Å². The zero-order valence-corrected chi connectivity index (χ0v) is 17.9. The van der Waals surface area contributed by atoms with Crippen molar-refractivity contribution in [1.29, 1.82) is 0 Å². The molecule has 1 heterocycles. The lowest BCUT2D eigenvalue weighted by Crippen LogP contribution is -2.26. The summed E-state index contributed by atoms with van der Waals surface area (Å²) in [6, 6.07) is 8.56. The van der Waals surface area contributed by atoms with Crippen LogP contribution in [0.1, 0.15) is 79.7 Å². The highest BCUT2D eigenvalue weighted by atomic mass is 127. The maximum atomic E-state index is 12.6. The van der Waals surface area contributed by atoms with E-state index in [1.807, 2.05) is 7.05 Å². The lowest BCUT2D eigenvalue weighted by atomic mass is 9.96. The maximum Gasteiger partial charge on any atom is 0.270 e. The summed E-state index contributed by atoms with van der Waals surface area (Å²) >= 11 is 2.22. The molecule has 2 rings (SSSR count). The summed E-state index contributed by atoms with van der Waals surface area (Å²) < 4.78 is 2.62. The highest BCUT2D eigenvalue weighted by Crippen LogP contribution is 2.23. The highest BCUT2D eigenvalue weighted by molar-refractivity contribution is 14.1. The SMILES string of the molecule is CCCC(C)c1ccc(CNC(=O)c2c(I)c(C(C)C)nn2C)cc1. The standard InChI is InChI=1S/C20H28IN3O/c1-6-7-14(4)16-10-8-15(9-11-16)12-22-20(25)19-17(21)18(13(2)3)23-24(19)5/h8-11,13-14H,6-7,12H2,1-5H3,(H,22,25). The molecule has 0 saturated carbocycles. The van der Waals surface area contributed by atoms with E-state index in [0.717, 1.165) is 14.8 Å². The number of benzene rings is 1. The first-order valence-corrected chi connectivity index (χ1v) is 10.0. The Morgan fingerprint density at radius 1 is 1.24 bits per heavy atom. The normalized spacial score (nSPS) is 12.4. The Balaban J connectivity index is 2.03. The third-order valence-corrected chi connectivity index (χ3v) is 5.56. The molecule has 0 fully saturated rings. The second kappa shape index (κ2) is 8.83. The van der Waals surface area contributed by atoms with Crippen molar-refractivity contribution in [2.75, 3.05) is 0 Å². The molecule has 1 unspecified atom stereocenters. The number of aryl methyl sites for hydroxylation is 1. The number of rotatable bonds is 7. The summed E-state index contributed by atoms with van der Waals surface area (Å²) in [5.74, 6) is 0.811. The maximum absolute atomic E-state index is 12.6. The van der Waals surface area contributed by atoms with E-state index >= 15 is 0 Å². The van der Waals surface area contributed by atoms with Gasteiger partial charge in [0, 0.05) is 13.6 Å². The van der Waals surface area contributed by atoms with Crippen LogP contribution in [0.5, 0.6) is 0 Å². The van der Waals surface area contributed by atoms with Crippen molar-refractivity contribution in [2.24, 2.45) is 7.05 Å². The minimum Gasteiger partial charge on any atom is -0.347 e. The molecule has 0 radical (unpaired) electrons. The van der Waals surface area contributed by atoms with Gasteiger partial charge in [0.2, 0.25) is 0 Å². The molecule has 5 heteroatoms. The molecular weight excluding hydrogens is 425 g/mol. The number of carbonyl (C=O) groups is 1. The van der Waals surface area contributed by atoms with Crippen molar-refractivity contribution in [3.8, 4) is 0 Å². The van der Waals surface area contributed by atoms with Gasteiger partial charge in [-0.25, -0.2) is 0 Å². The molecule has 1 aromatic heterocycles. The minimum atomic E-state index is -0.0743. The van der Waals surface area contributed by atoms with Gasteiger partial charge in [-0.1, -0.05) is 58.4 Å². The fraction of sp³-hybridized carbons (Fsp3) is 0.500. The average molecular weight is 453 g/mol. The first kappa shape index (κ1) is 19.9. The van der Waals surface area contributed by atoms with E-state index in [-0.39, 0.29) is 5.91 Å². The largest absolute Gasteiger partial charge is 0.347 e. The Hall–Kier alpha value is -1.37. The predicted molar refractivity (Wildman–Crippen MR) is 111 cm³/mol. The minimum absolute atomic E-state index is 0.0743. The Labute approximate surface area is 164 Å². The lowest BCUT2D eigenvalue weighted by Gasteiger charge is -2.12. The topological polar surface area (TPSA) is 46.9 Å². The zero-order valence-electron chi connectivity index (χ0n) is 15.8. The molecule has 4 nitrogen and oxygen atoms in total. The fourth-order valence-electron chi connectivity index (χ4n) is 2.96. The van der Waals surface area contributed by atoms with Crippen LogP contribution in [0.4, 0.5) is 0 Å². The molecular formula is C20H28IN3O. The summed E-state index contributed by atoms with van der Waals surface area (Å²) in [6.07, 6.45) is 2.40. The van der Waals surface area contributed by atoms with Gasteiger partial charge in [0.05, 0.1) is 9.26 Å². The molecule has 1 amide bonds. The number of halogens is 1. The molecule has 0 aliphatic heterocycles. The van der Waals surface area contributed by atoms with Gasteiger partial charge in [0.15, 0.2) is 0 Å². The number of amides is 1. The van der Waals surface area contributed by atoms with Gasteiger partial charge >= 0.3 is 0 Å². The van der Waals surface area contributed by atoms with Crippen LogP contribution in [-0.2, 0) is 13.6 Å². The smallest absolute Gasteiger partial charge is 0.270 e. The lowest BCUT2D eigenvalue weighted by molar-refractivity contribution is 0.0940. The summed E-state index contributed by atoms with van der Waals surface area (Å²) in [5.41, 5.74) is 4.08. The highest BCUT2D eigenvalue weighted by Gasteiger charge is 2.21. The monoisotopic (exact) mass is 453 g/mol. The van der Waals surface area contributed by atoms with Crippen LogP contribution in [0.15, 0.2) is 24.3 Å². The molecule has 1 atom stereocenters. The molecule has 0 bridgehead atoms. The van der Waals surface area contributed by atoms with Crippen LogP contribution in [0.3, 0.4) is 0 Å². The average Bonchev–Trinajstić information content (AvgIpc) is 2.88. The number of carbonyl (C=O) groups excluding carboxylic acids is 1. The van der Waals surface area contributed by atoms with Gasteiger partial charge in [0.1, 0.15) is 5.69 Å².